The summed E-state index contributed by atoms with van der Waals surface area (Å²) in [7, 11) is 6.19. The predicted molar refractivity (Wildman–Crippen MR) is 72.1 cm³/mol. The van der Waals surface area contributed by atoms with Gasteiger partial charge in [0.2, 0.25) is 0 Å². The van der Waals surface area contributed by atoms with Gasteiger partial charge in [0, 0.05) is 24.2 Å². The van der Waals surface area contributed by atoms with E-state index in [-0.39, 0.29) is 0 Å². The lowest BCUT2D eigenvalue weighted by molar-refractivity contribution is 0.354. The Labute approximate surface area is 102 Å². The van der Waals surface area contributed by atoms with Crippen molar-refractivity contribution in [3.8, 4) is 0 Å². The molecular weight excluding hydrogens is 210 g/mol. The number of pyridine rings is 1. The third-order valence-corrected chi connectivity index (χ3v) is 2.95. The summed E-state index contributed by atoms with van der Waals surface area (Å²) < 4.78 is 0. The fourth-order valence-electron chi connectivity index (χ4n) is 2.14. The first-order valence-corrected chi connectivity index (χ1v) is 5.88. The van der Waals surface area contributed by atoms with E-state index in [0.717, 1.165) is 12.1 Å². The largest absolute Gasteiger partial charge is 0.312 e. The molecule has 0 aliphatic heterocycles. The van der Waals surface area contributed by atoms with E-state index in [1.807, 2.05) is 19.3 Å². The fraction of sp³-hybridized carbons (Fsp3) is 0.357. The Morgan fingerprint density at radius 2 is 2.06 bits per heavy atom. The minimum absolute atomic E-state index is 0.331. The summed E-state index contributed by atoms with van der Waals surface area (Å²) in [6.45, 7) is 0.977. The highest BCUT2D eigenvalue weighted by molar-refractivity contribution is 5.82. The second-order valence-corrected chi connectivity index (χ2v) is 4.52. The molecule has 0 saturated carbocycles. The van der Waals surface area contributed by atoms with E-state index in [2.05, 4.69) is 53.6 Å². The summed E-state index contributed by atoms with van der Waals surface area (Å²) in [6, 6.07) is 10.8. The summed E-state index contributed by atoms with van der Waals surface area (Å²) in [6.07, 6.45) is 1.84. The van der Waals surface area contributed by atoms with E-state index >= 15 is 0 Å². The van der Waals surface area contributed by atoms with Gasteiger partial charge < -0.3 is 10.2 Å². The van der Waals surface area contributed by atoms with Gasteiger partial charge in [-0.3, -0.25) is 4.98 Å². The fourth-order valence-corrected chi connectivity index (χ4v) is 2.14. The van der Waals surface area contributed by atoms with Crippen LogP contribution in [0.5, 0.6) is 0 Å². The van der Waals surface area contributed by atoms with Crippen LogP contribution in [0.15, 0.2) is 36.5 Å². The van der Waals surface area contributed by atoms with Crippen LogP contribution in [0.1, 0.15) is 11.6 Å². The van der Waals surface area contributed by atoms with Crippen molar-refractivity contribution in [3.05, 3.63) is 42.1 Å². The third-order valence-electron chi connectivity index (χ3n) is 2.95. The molecule has 0 aliphatic rings. The number of hydrogen-bond acceptors (Lipinski definition) is 3. The maximum Gasteiger partial charge on any atom is 0.0705 e. The van der Waals surface area contributed by atoms with Crippen molar-refractivity contribution in [1.29, 1.82) is 0 Å². The highest BCUT2D eigenvalue weighted by Gasteiger charge is 2.13. The van der Waals surface area contributed by atoms with E-state index in [1.165, 1.54) is 10.9 Å². The summed E-state index contributed by atoms with van der Waals surface area (Å²) in [5.74, 6) is 0. The first kappa shape index (κ1) is 12.0. The molecule has 0 spiro atoms. The van der Waals surface area contributed by atoms with Gasteiger partial charge in [0.1, 0.15) is 0 Å². The van der Waals surface area contributed by atoms with Crippen LogP contribution in [0.25, 0.3) is 10.9 Å². The Hall–Kier alpha value is -1.45. The molecule has 1 unspecified atom stereocenters. The molecular formula is C14H19N3. The molecule has 1 aromatic heterocycles. The monoisotopic (exact) mass is 229 g/mol. The minimum atomic E-state index is 0.331. The molecule has 1 aromatic carbocycles. The molecule has 2 rings (SSSR count). The zero-order chi connectivity index (χ0) is 12.3. The van der Waals surface area contributed by atoms with Gasteiger partial charge in [0.25, 0.3) is 0 Å². The molecule has 2 aromatic rings. The molecule has 1 heterocycles. The predicted octanol–water partition coefficient (Wildman–Crippen LogP) is 2.06. The number of benzene rings is 1. The first-order chi connectivity index (χ1) is 8.22. The molecule has 3 heteroatoms. The van der Waals surface area contributed by atoms with Crippen molar-refractivity contribution in [2.24, 2.45) is 0 Å². The number of likely N-dealkylation sites (N-methyl/N-ethyl adjacent to an activating group) is 2. The van der Waals surface area contributed by atoms with Crippen LogP contribution in [0.4, 0.5) is 0 Å². The zero-order valence-electron chi connectivity index (χ0n) is 10.6. The van der Waals surface area contributed by atoms with Gasteiger partial charge in [-0.2, -0.15) is 0 Å². The highest BCUT2D eigenvalue weighted by atomic mass is 15.1. The number of hydrogen-bond donors (Lipinski definition) is 1. The number of nitrogens with zero attached hydrogens (tertiary/aromatic N) is 2. The maximum absolute atomic E-state index is 4.40. The Bertz CT molecular complexity index is 488. The molecule has 0 radical (unpaired) electrons. The molecule has 0 amide bonds. The molecule has 0 aliphatic carbocycles. The molecule has 1 N–H and O–H groups in total. The molecule has 90 valence electrons. The van der Waals surface area contributed by atoms with Crippen LogP contribution < -0.4 is 5.32 Å². The first-order valence-electron chi connectivity index (χ1n) is 5.88. The second-order valence-electron chi connectivity index (χ2n) is 4.52. The summed E-state index contributed by atoms with van der Waals surface area (Å²) in [5, 5.41) is 4.60. The molecule has 0 fully saturated rings. The lowest BCUT2D eigenvalue weighted by atomic mass is 10.0. The van der Waals surface area contributed by atoms with Crippen LogP contribution in [0, 0.1) is 0 Å². The Kier molecular flexibility index (Phi) is 3.71. The quantitative estimate of drug-likeness (QED) is 0.869. The lowest BCUT2D eigenvalue weighted by Crippen LogP contribution is -2.28. The van der Waals surface area contributed by atoms with Crippen molar-refractivity contribution in [2.45, 2.75) is 6.04 Å². The maximum atomic E-state index is 4.40. The van der Waals surface area contributed by atoms with E-state index in [0.29, 0.717) is 6.04 Å². The van der Waals surface area contributed by atoms with Gasteiger partial charge >= 0.3 is 0 Å². The van der Waals surface area contributed by atoms with Crippen LogP contribution in [0.2, 0.25) is 0 Å². The standard InChI is InChI=1S/C14H19N3/c1-15-14(10-17(2)3)12-6-4-8-13-11(12)7-5-9-16-13/h4-9,14-15H,10H2,1-3H3. The Balaban J connectivity index is 2.46. The summed E-state index contributed by atoms with van der Waals surface area (Å²) >= 11 is 0. The molecule has 0 saturated heterocycles. The molecule has 3 nitrogen and oxygen atoms in total. The number of nitrogens with one attached hydrogen (secondary N) is 1. The van der Waals surface area contributed by atoms with Gasteiger partial charge in [0.15, 0.2) is 0 Å². The Morgan fingerprint density at radius 1 is 1.24 bits per heavy atom. The van der Waals surface area contributed by atoms with Gasteiger partial charge in [-0.1, -0.05) is 18.2 Å². The van der Waals surface area contributed by atoms with Crippen molar-refractivity contribution in [3.63, 3.8) is 0 Å². The number of fused-ring (bicyclic) bond motifs is 1. The van der Waals surface area contributed by atoms with Crippen LogP contribution in [-0.4, -0.2) is 37.6 Å². The van der Waals surface area contributed by atoms with E-state index in [9.17, 15) is 0 Å². The van der Waals surface area contributed by atoms with Crippen LogP contribution in [0.3, 0.4) is 0 Å². The van der Waals surface area contributed by atoms with Gasteiger partial charge in [-0.05, 0) is 38.8 Å². The van der Waals surface area contributed by atoms with Crippen molar-refractivity contribution in [2.75, 3.05) is 27.7 Å². The Morgan fingerprint density at radius 3 is 2.76 bits per heavy atom. The van der Waals surface area contributed by atoms with Crippen LogP contribution >= 0.6 is 0 Å². The molecule has 0 bridgehead atoms. The summed E-state index contributed by atoms with van der Waals surface area (Å²) in [5.41, 5.74) is 2.37. The topological polar surface area (TPSA) is 28.2 Å². The van der Waals surface area contributed by atoms with Gasteiger partial charge in [-0.25, -0.2) is 0 Å². The third kappa shape index (κ3) is 2.62. The van der Waals surface area contributed by atoms with Gasteiger partial charge in [0.05, 0.1) is 5.52 Å². The average Bonchev–Trinajstić information content (AvgIpc) is 2.35. The number of rotatable bonds is 4. The van der Waals surface area contributed by atoms with E-state index in [1.54, 1.807) is 0 Å². The minimum Gasteiger partial charge on any atom is -0.312 e. The average molecular weight is 229 g/mol. The van der Waals surface area contributed by atoms with E-state index in [4.69, 9.17) is 0 Å². The number of aromatic nitrogens is 1. The van der Waals surface area contributed by atoms with Gasteiger partial charge in [-0.15, -0.1) is 0 Å². The summed E-state index contributed by atoms with van der Waals surface area (Å²) in [4.78, 5) is 6.59. The normalized spacial score (nSPS) is 13.2. The van der Waals surface area contributed by atoms with Crippen molar-refractivity contribution < 1.29 is 0 Å². The lowest BCUT2D eigenvalue weighted by Gasteiger charge is -2.22. The molecule has 1 atom stereocenters. The van der Waals surface area contributed by atoms with Crippen molar-refractivity contribution in [1.82, 2.24) is 15.2 Å². The van der Waals surface area contributed by atoms with Crippen molar-refractivity contribution >= 4 is 10.9 Å². The van der Waals surface area contributed by atoms with E-state index < -0.39 is 0 Å². The van der Waals surface area contributed by atoms with Crippen LogP contribution in [-0.2, 0) is 0 Å². The highest BCUT2D eigenvalue weighted by Crippen LogP contribution is 2.23. The smallest absolute Gasteiger partial charge is 0.0705 e. The second kappa shape index (κ2) is 5.25. The zero-order valence-corrected chi connectivity index (χ0v) is 10.6. The SMILES string of the molecule is CNC(CN(C)C)c1cccc2ncccc12. The molecule has 17 heavy (non-hydrogen) atoms.